The summed E-state index contributed by atoms with van der Waals surface area (Å²) in [4.78, 5) is 13.5. The molecule has 0 aliphatic carbocycles. The average Bonchev–Trinajstić information content (AvgIpc) is 2.40. The fraction of sp³-hybridized carbons (Fsp3) is 0.533. The first-order valence-electron chi connectivity index (χ1n) is 6.94. The van der Waals surface area contributed by atoms with Gasteiger partial charge in [-0.3, -0.25) is 9.69 Å². The van der Waals surface area contributed by atoms with Crippen molar-refractivity contribution >= 4 is 5.97 Å². The number of nitrogens with zero attached hydrogens (tertiary/aromatic N) is 1. The zero-order valence-corrected chi connectivity index (χ0v) is 11.7. The highest BCUT2D eigenvalue weighted by molar-refractivity contribution is 5.69. The second-order valence-corrected chi connectivity index (χ2v) is 4.88. The van der Waals surface area contributed by atoms with Crippen molar-refractivity contribution in [2.75, 3.05) is 26.2 Å². The Kier molecular flexibility index (Phi) is 4.93. The van der Waals surface area contributed by atoms with E-state index in [0.29, 0.717) is 11.8 Å². The van der Waals surface area contributed by atoms with E-state index in [9.17, 15) is 4.79 Å². The van der Waals surface area contributed by atoms with Crippen LogP contribution in [-0.2, 0) is 4.79 Å². The van der Waals surface area contributed by atoms with E-state index in [4.69, 9.17) is 4.74 Å². The SMILES string of the molecule is CC[C@H](c1cccc(OC(C)=O)c1)N1CCNCC1. The van der Waals surface area contributed by atoms with Crippen LogP contribution in [0.15, 0.2) is 24.3 Å². The molecular weight excluding hydrogens is 240 g/mol. The number of piperazine rings is 1. The maximum atomic E-state index is 11.0. The lowest BCUT2D eigenvalue weighted by atomic mass is 10.0. The van der Waals surface area contributed by atoms with Gasteiger partial charge in [0.05, 0.1) is 0 Å². The molecule has 19 heavy (non-hydrogen) atoms. The van der Waals surface area contributed by atoms with Gasteiger partial charge in [0.2, 0.25) is 0 Å². The number of rotatable bonds is 4. The van der Waals surface area contributed by atoms with Crippen molar-refractivity contribution in [1.82, 2.24) is 10.2 Å². The number of hydrogen-bond acceptors (Lipinski definition) is 4. The number of esters is 1. The molecule has 1 N–H and O–H groups in total. The van der Waals surface area contributed by atoms with Crippen LogP contribution in [0.5, 0.6) is 5.75 Å². The summed E-state index contributed by atoms with van der Waals surface area (Å²) in [6, 6.07) is 8.28. The van der Waals surface area contributed by atoms with Crippen molar-refractivity contribution in [1.29, 1.82) is 0 Å². The lowest BCUT2D eigenvalue weighted by Gasteiger charge is -2.34. The normalized spacial score (nSPS) is 18.0. The molecular formula is C15H22N2O2. The molecule has 0 bridgehead atoms. The third-order valence-electron chi connectivity index (χ3n) is 3.48. The first-order chi connectivity index (χ1) is 9.20. The van der Waals surface area contributed by atoms with Gasteiger partial charge in [0.25, 0.3) is 0 Å². The molecule has 104 valence electrons. The molecule has 1 saturated heterocycles. The van der Waals surface area contributed by atoms with E-state index < -0.39 is 0 Å². The molecule has 1 heterocycles. The monoisotopic (exact) mass is 262 g/mol. The molecule has 0 unspecified atom stereocenters. The van der Waals surface area contributed by atoms with Crippen molar-refractivity contribution < 1.29 is 9.53 Å². The summed E-state index contributed by atoms with van der Waals surface area (Å²) in [5, 5.41) is 3.37. The Morgan fingerprint density at radius 3 is 2.79 bits per heavy atom. The highest BCUT2D eigenvalue weighted by atomic mass is 16.5. The van der Waals surface area contributed by atoms with Gasteiger partial charge >= 0.3 is 5.97 Å². The molecule has 4 nitrogen and oxygen atoms in total. The number of hydrogen-bond donors (Lipinski definition) is 1. The van der Waals surface area contributed by atoms with Crippen LogP contribution in [0.1, 0.15) is 31.9 Å². The summed E-state index contributed by atoms with van der Waals surface area (Å²) in [6.07, 6.45) is 1.06. The molecule has 2 rings (SSSR count). The summed E-state index contributed by atoms with van der Waals surface area (Å²) in [7, 11) is 0. The minimum atomic E-state index is -0.271. The molecule has 0 radical (unpaired) electrons. The van der Waals surface area contributed by atoms with E-state index in [1.54, 1.807) is 0 Å². The lowest BCUT2D eigenvalue weighted by Crippen LogP contribution is -2.45. The van der Waals surface area contributed by atoms with E-state index >= 15 is 0 Å². The van der Waals surface area contributed by atoms with Crippen molar-refractivity contribution in [3.8, 4) is 5.75 Å². The van der Waals surface area contributed by atoms with Crippen LogP contribution < -0.4 is 10.1 Å². The van der Waals surface area contributed by atoms with E-state index in [0.717, 1.165) is 32.6 Å². The Balaban J connectivity index is 2.15. The molecule has 1 fully saturated rings. The van der Waals surface area contributed by atoms with Crippen molar-refractivity contribution in [3.05, 3.63) is 29.8 Å². The van der Waals surface area contributed by atoms with Crippen LogP contribution >= 0.6 is 0 Å². The van der Waals surface area contributed by atoms with Crippen LogP contribution in [0, 0.1) is 0 Å². The van der Waals surface area contributed by atoms with Gasteiger partial charge in [-0.15, -0.1) is 0 Å². The van der Waals surface area contributed by atoms with Gasteiger partial charge in [-0.05, 0) is 24.1 Å². The Labute approximate surface area is 114 Å². The zero-order valence-electron chi connectivity index (χ0n) is 11.7. The smallest absolute Gasteiger partial charge is 0.308 e. The van der Waals surface area contributed by atoms with E-state index in [-0.39, 0.29) is 5.97 Å². The molecule has 0 aromatic heterocycles. The third kappa shape index (κ3) is 3.78. The first kappa shape index (κ1) is 14.0. The van der Waals surface area contributed by atoms with Crippen LogP contribution in [-0.4, -0.2) is 37.0 Å². The minimum Gasteiger partial charge on any atom is -0.427 e. The van der Waals surface area contributed by atoms with Crippen LogP contribution in [0.3, 0.4) is 0 Å². The fourth-order valence-electron chi connectivity index (χ4n) is 2.65. The molecule has 1 aliphatic heterocycles. The van der Waals surface area contributed by atoms with Crippen molar-refractivity contribution in [2.45, 2.75) is 26.3 Å². The minimum absolute atomic E-state index is 0.271. The largest absolute Gasteiger partial charge is 0.427 e. The summed E-state index contributed by atoms with van der Waals surface area (Å²) in [5.41, 5.74) is 1.23. The third-order valence-corrected chi connectivity index (χ3v) is 3.48. The zero-order chi connectivity index (χ0) is 13.7. The van der Waals surface area contributed by atoms with E-state index in [1.165, 1.54) is 12.5 Å². The number of carbonyl (C=O) groups is 1. The molecule has 1 atom stereocenters. The summed E-state index contributed by atoms with van der Waals surface area (Å²) < 4.78 is 5.17. The molecule has 4 heteroatoms. The Hall–Kier alpha value is -1.39. The topological polar surface area (TPSA) is 41.6 Å². The summed E-state index contributed by atoms with van der Waals surface area (Å²) in [5.74, 6) is 0.367. The molecule has 0 spiro atoms. The lowest BCUT2D eigenvalue weighted by molar-refractivity contribution is -0.131. The van der Waals surface area contributed by atoms with Gasteiger partial charge in [0.1, 0.15) is 5.75 Å². The number of ether oxygens (including phenoxy) is 1. The first-order valence-corrected chi connectivity index (χ1v) is 6.94. The Morgan fingerprint density at radius 2 is 2.16 bits per heavy atom. The highest BCUT2D eigenvalue weighted by Crippen LogP contribution is 2.27. The van der Waals surface area contributed by atoms with Gasteiger partial charge < -0.3 is 10.1 Å². The van der Waals surface area contributed by atoms with Crippen molar-refractivity contribution in [3.63, 3.8) is 0 Å². The maximum Gasteiger partial charge on any atom is 0.308 e. The summed E-state index contributed by atoms with van der Waals surface area (Å²) in [6.45, 7) is 7.85. The second kappa shape index (κ2) is 6.68. The van der Waals surface area contributed by atoms with Crippen LogP contribution in [0.2, 0.25) is 0 Å². The van der Waals surface area contributed by atoms with Gasteiger partial charge in [0.15, 0.2) is 0 Å². The molecule has 1 aliphatic rings. The second-order valence-electron chi connectivity index (χ2n) is 4.88. The van der Waals surface area contributed by atoms with E-state index in [2.05, 4.69) is 23.2 Å². The quantitative estimate of drug-likeness (QED) is 0.665. The predicted octanol–water partition coefficient (Wildman–Crippen LogP) is 1.97. The number of carbonyl (C=O) groups excluding carboxylic acids is 1. The molecule has 1 aromatic rings. The molecule has 1 aromatic carbocycles. The maximum absolute atomic E-state index is 11.0. The number of nitrogens with one attached hydrogen (secondary N) is 1. The van der Waals surface area contributed by atoms with Gasteiger partial charge in [-0.25, -0.2) is 0 Å². The number of benzene rings is 1. The molecule has 0 saturated carbocycles. The summed E-state index contributed by atoms with van der Waals surface area (Å²) >= 11 is 0. The van der Waals surface area contributed by atoms with Gasteiger partial charge in [-0.1, -0.05) is 19.1 Å². The standard InChI is InChI=1S/C15H22N2O2/c1-3-15(17-9-7-16-8-10-17)13-5-4-6-14(11-13)19-12(2)18/h4-6,11,15-16H,3,7-10H2,1-2H3/t15-/m1/s1. The van der Waals surface area contributed by atoms with Gasteiger partial charge in [0, 0.05) is 39.1 Å². The highest BCUT2D eigenvalue weighted by Gasteiger charge is 2.20. The van der Waals surface area contributed by atoms with Crippen LogP contribution in [0.25, 0.3) is 0 Å². The van der Waals surface area contributed by atoms with E-state index in [1.807, 2.05) is 18.2 Å². The Morgan fingerprint density at radius 1 is 1.42 bits per heavy atom. The van der Waals surface area contributed by atoms with Gasteiger partial charge in [-0.2, -0.15) is 0 Å². The average molecular weight is 262 g/mol. The predicted molar refractivity (Wildman–Crippen MR) is 75.2 cm³/mol. The molecule has 0 amide bonds. The van der Waals surface area contributed by atoms with Crippen LogP contribution in [0.4, 0.5) is 0 Å². The Bertz CT molecular complexity index is 428. The fourth-order valence-corrected chi connectivity index (χ4v) is 2.65. The van der Waals surface area contributed by atoms with Crippen molar-refractivity contribution in [2.24, 2.45) is 0 Å².